The largest absolute Gasteiger partial charge is 0.466 e. The fourth-order valence-corrected chi connectivity index (χ4v) is 3.11. The number of nitrogens with zero attached hydrogens (tertiary/aromatic N) is 1. The molecule has 0 fully saturated rings. The highest BCUT2D eigenvalue weighted by Gasteiger charge is 2.29. The van der Waals surface area contributed by atoms with Gasteiger partial charge in [0.15, 0.2) is 0 Å². The van der Waals surface area contributed by atoms with Gasteiger partial charge in [-0.1, -0.05) is 13.0 Å². The fourth-order valence-electron chi connectivity index (χ4n) is 3.11. The van der Waals surface area contributed by atoms with Gasteiger partial charge in [0, 0.05) is 6.20 Å². The standard InChI is InChI=1S/C18H25NO2/c1-4-16(18(20)21-5-2)14-6-8-15(9-7-14)17-12-13(3)10-11-19-17/h8,10-12,14,16H,4-7,9H2,1-3H3. The van der Waals surface area contributed by atoms with Gasteiger partial charge in [0.2, 0.25) is 0 Å². The molecule has 0 saturated carbocycles. The summed E-state index contributed by atoms with van der Waals surface area (Å²) in [6, 6.07) is 4.15. The molecule has 0 aliphatic heterocycles. The maximum Gasteiger partial charge on any atom is 0.309 e. The highest BCUT2D eigenvalue weighted by molar-refractivity contribution is 5.73. The molecule has 3 nitrogen and oxygen atoms in total. The molecule has 0 amide bonds. The molecule has 1 heterocycles. The summed E-state index contributed by atoms with van der Waals surface area (Å²) in [5.74, 6) is 0.409. The summed E-state index contributed by atoms with van der Waals surface area (Å²) in [6.07, 6.45) is 7.97. The van der Waals surface area contributed by atoms with Crippen molar-refractivity contribution in [2.75, 3.05) is 6.61 Å². The van der Waals surface area contributed by atoms with Crippen molar-refractivity contribution < 1.29 is 9.53 Å². The predicted octanol–water partition coefficient (Wildman–Crippen LogP) is 4.16. The van der Waals surface area contributed by atoms with Gasteiger partial charge >= 0.3 is 5.97 Å². The summed E-state index contributed by atoms with van der Waals surface area (Å²) in [5.41, 5.74) is 3.63. The van der Waals surface area contributed by atoms with Crippen molar-refractivity contribution in [3.63, 3.8) is 0 Å². The SMILES string of the molecule is CCOC(=O)C(CC)C1CC=C(c2cc(C)ccn2)CC1. The van der Waals surface area contributed by atoms with E-state index >= 15 is 0 Å². The van der Waals surface area contributed by atoms with Gasteiger partial charge in [0.25, 0.3) is 0 Å². The molecule has 0 aromatic carbocycles. The zero-order valence-electron chi connectivity index (χ0n) is 13.3. The first kappa shape index (κ1) is 15.7. The first-order valence-electron chi connectivity index (χ1n) is 7.94. The second-order valence-corrected chi connectivity index (χ2v) is 5.75. The number of esters is 1. The van der Waals surface area contributed by atoms with Crippen LogP contribution in [0.4, 0.5) is 0 Å². The van der Waals surface area contributed by atoms with Crippen molar-refractivity contribution in [1.29, 1.82) is 0 Å². The van der Waals surface area contributed by atoms with E-state index < -0.39 is 0 Å². The number of aryl methyl sites for hydroxylation is 1. The van der Waals surface area contributed by atoms with Crippen LogP contribution in [0.15, 0.2) is 24.4 Å². The van der Waals surface area contributed by atoms with E-state index in [1.54, 1.807) is 0 Å². The molecule has 0 saturated heterocycles. The topological polar surface area (TPSA) is 39.2 Å². The number of allylic oxidation sites excluding steroid dienone is 2. The van der Waals surface area contributed by atoms with Crippen LogP contribution in [-0.4, -0.2) is 17.6 Å². The fraction of sp³-hybridized carbons (Fsp3) is 0.556. The Kier molecular flexibility index (Phi) is 5.54. The van der Waals surface area contributed by atoms with E-state index in [0.717, 1.165) is 31.4 Å². The van der Waals surface area contributed by atoms with Crippen molar-refractivity contribution in [1.82, 2.24) is 4.98 Å². The number of pyridine rings is 1. The average Bonchev–Trinajstić information content (AvgIpc) is 2.49. The van der Waals surface area contributed by atoms with E-state index in [2.05, 4.69) is 31.0 Å². The van der Waals surface area contributed by atoms with Gasteiger partial charge in [-0.15, -0.1) is 0 Å². The van der Waals surface area contributed by atoms with Crippen molar-refractivity contribution in [2.45, 2.75) is 46.5 Å². The molecule has 1 aromatic heterocycles. The van der Waals surface area contributed by atoms with Gasteiger partial charge < -0.3 is 4.74 Å². The molecule has 21 heavy (non-hydrogen) atoms. The van der Waals surface area contributed by atoms with E-state index in [4.69, 9.17) is 4.74 Å². The summed E-state index contributed by atoms with van der Waals surface area (Å²) in [6.45, 7) is 6.50. The summed E-state index contributed by atoms with van der Waals surface area (Å²) in [5, 5.41) is 0. The second-order valence-electron chi connectivity index (χ2n) is 5.75. The van der Waals surface area contributed by atoms with Gasteiger partial charge in [-0.2, -0.15) is 0 Å². The number of hydrogen-bond donors (Lipinski definition) is 0. The van der Waals surface area contributed by atoms with Crippen LogP contribution in [0.1, 0.15) is 50.8 Å². The number of hydrogen-bond acceptors (Lipinski definition) is 3. The van der Waals surface area contributed by atoms with E-state index in [-0.39, 0.29) is 11.9 Å². The van der Waals surface area contributed by atoms with Crippen molar-refractivity contribution in [3.8, 4) is 0 Å². The maximum atomic E-state index is 12.0. The van der Waals surface area contributed by atoms with Gasteiger partial charge in [0.1, 0.15) is 0 Å². The summed E-state index contributed by atoms with van der Waals surface area (Å²) >= 11 is 0. The van der Waals surface area contributed by atoms with Crippen LogP contribution in [0.3, 0.4) is 0 Å². The smallest absolute Gasteiger partial charge is 0.309 e. The minimum Gasteiger partial charge on any atom is -0.466 e. The Morgan fingerprint density at radius 2 is 2.29 bits per heavy atom. The van der Waals surface area contributed by atoms with Gasteiger partial charge in [-0.25, -0.2) is 0 Å². The number of rotatable bonds is 5. The highest BCUT2D eigenvalue weighted by Crippen LogP contribution is 2.35. The van der Waals surface area contributed by atoms with Crippen LogP contribution in [-0.2, 0) is 9.53 Å². The van der Waals surface area contributed by atoms with E-state index in [9.17, 15) is 4.79 Å². The average molecular weight is 287 g/mol. The molecule has 1 aromatic rings. The maximum absolute atomic E-state index is 12.0. The Bertz CT molecular complexity index is 522. The number of carbonyl (C=O) groups excluding carboxylic acids is 1. The first-order chi connectivity index (χ1) is 10.2. The summed E-state index contributed by atoms with van der Waals surface area (Å²) in [7, 11) is 0. The molecule has 3 heteroatoms. The van der Waals surface area contributed by atoms with Crippen molar-refractivity contribution in [2.24, 2.45) is 11.8 Å². The number of carbonyl (C=O) groups is 1. The molecule has 0 spiro atoms. The first-order valence-corrected chi connectivity index (χ1v) is 7.94. The van der Waals surface area contributed by atoms with Crippen LogP contribution >= 0.6 is 0 Å². The lowest BCUT2D eigenvalue weighted by Crippen LogP contribution is -2.26. The third-order valence-electron chi connectivity index (χ3n) is 4.29. The van der Waals surface area contributed by atoms with E-state index in [1.165, 1.54) is 11.1 Å². The van der Waals surface area contributed by atoms with Crippen molar-refractivity contribution in [3.05, 3.63) is 35.7 Å². The molecule has 0 N–H and O–H groups in total. The lowest BCUT2D eigenvalue weighted by molar-refractivity contribution is -0.150. The molecule has 2 unspecified atom stereocenters. The Morgan fingerprint density at radius 3 is 2.86 bits per heavy atom. The van der Waals surface area contributed by atoms with Crippen LogP contribution in [0.5, 0.6) is 0 Å². The molecular weight excluding hydrogens is 262 g/mol. The van der Waals surface area contributed by atoms with Crippen LogP contribution < -0.4 is 0 Å². The Balaban J connectivity index is 2.05. The molecular formula is C18H25NO2. The monoisotopic (exact) mass is 287 g/mol. The Hall–Kier alpha value is -1.64. The zero-order chi connectivity index (χ0) is 15.2. The van der Waals surface area contributed by atoms with Crippen LogP contribution in [0.25, 0.3) is 5.57 Å². The third-order valence-corrected chi connectivity index (χ3v) is 4.29. The van der Waals surface area contributed by atoms with E-state index in [0.29, 0.717) is 12.5 Å². The molecule has 1 aliphatic rings. The molecule has 1 aliphatic carbocycles. The van der Waals surface area contributed by atoms with Gasteiger partial charge in [0.05, 0.1) is 18.2 Å². The molecule has 0 bridgehead atoms. The van der Waals surface area contributed by atoms with Crippen molar-refractivity contribution >= 4 is 11.5 Å². The minimum absolute atomic E-state index is 0.0319. The highest BCUT2D eigenvalue weighted by atomic mass is 16.5. The Morgan fingerprint density at radius 1 is 1.48 bits per heavy atom. The summed E-state index contributed by atoms with van der Waals surface area (Å²) < 4.78 is 5.20. The lowest BCUT2D eigenvalue weighted by Gasteiger charge is -2.27. The second kappa shape index (κ2) is 7.39. The van der Waals surface area contributed by atoms with E-state index in [1.807, 2.05) is 19.2 Å². The minimum atomic E-state index is -0.0319. The normalized spacial score (nSPS) is 19.8. The Labute approximate surface area is 127 Å². The van der Waals surface area contributed by atoms with Crippen LogP contribution in [0, 0.1) is 18.8 Å². The number of ether oxygens (including phenoxy) is 1. The number of aromatic nitrogens is 1. The van der Waals surface area contributed by atoms with Gasteiger partial charge in [-0.3, -0.25) is 9.78 Å². The molecule has 2 rings (SSSR count). The lowest BCUT2D eigenvalue weighted by atomic mass is 9.79. The molecule has 0 radical (unpaired) electrons. The molecule has 2 atom stereocenters. The zero-order valence-corrected chi connectivity index (χ0v) is 13.3. The predicted molar refractivity (Wildman–Crippen MR) is 84.7 cm³/mol. The quantitative estimate of drug-likeness (QED) is 0.763. The van der Waals surface area contributed by atoms with Gasteiger partial charge in [-0.05, 0) is 68.7 Å². The van der Waals surface area contributed by atoms with Crippen LogP contribution in [0.2, 0.25) is 0 Å². The third kappa shape index (κ3) is 3.93. The summed E-state index contributed by atoms with van der Waals surface area (Å²) in [4.78, 5) is 16.5. The molecule has 114 valence electrons.